The smallest absolute Gasteiger partial charge is 0.307 e. The molecule has 0 atom stereocenters. The van der Waals surface area contributed by atoms with Crippen LogP contribution in [0.15, 0.2) is 12.1 Å². The number of aliphatic carboxylic acids is 1. The molecular formula is C10H6F2INO2. The Labute approximate surface area is 104 Å². The number of carbonyl (C=O) groups is 1. The zero-order valence-electron chi connectivity index (χ0n) is 7.88. The second-order valence-corrected chi connectivity index (χ2v) is 4.14. The summed E-state index contributed by atoms with van der Waals surface area (Å²) in [5.41, 5.74) is -0.503. The summed E-state index contributed by atoms with van der Waals surface area (Å²) >= 11 is 1.82. The van der Waals surface area contributed by atoms with E-state index in [0.29, 0.717) is 3.57 Å². The number of carboxylic acids is 1. The Bertz CT molecular complexity index is 469. The molecule has 0 fully saturated rings. The molecule has 0 heterocycles. The third-order valence-electron chi connectivity index (χ3n) is 1.96. The van der Waals surface area contributed by atoms with Crippen molar-refractivity contribution in [1.82, 2.24) is 0 Å². The van der Waals surface area contributed by atoms with Crippen LogP contribution >= 0.6 is 22.6 Å². The molecule has 1 aromatic rings. The van der Waals surface area contributed by atoms with Crippen molar-refractivity contribution in [2.24, 2.45) is 0 Å². The lowest BCUT2D eigenvalue weighted by atomic mass is 10.00. The van der Waals surface area contributed by atoms with Gasteiger partial charge in [0.05, 0.1) is 18.1 Å². The first-order valence-electron chi connectivity index (χ1n) is 4.18. The van der Waals surface area contributed by atoms with Crippen LogP contribution in [0.25, 0.3) is 0 Å². The van der Waals surface area contributed by atoms with Crippen LogP contribution in [0, 0.1) is 14.9 Å². The molecule has 0 spiro atoms. The van der Waals surface area contributed by atoms with Gasteiger partial charge in [0.1, 0.15) is 0 Å². The van der Waals surface area contributed by atoms with Gasteiger partial charge in [-0.15, -0.1) is 0 Å². The third kappa shape index (κ3) is 2.66. The zero-order valence-corrected chi connectivity index (χ0v) is 10.0. The Morgan fingerprint density at radius 3 is 2.62 bits per heavy atom. The summed E-state index contributed by atoms with van der Waals surface area (Å²) in [5.74, 6) is -1.15. The Morgan fingerprint density at radius 1 is 1.56 bits per heavy atom. The van der Waals surface area contributed by atoms with Crippen molar-refractivity contribution in [2.75, 3.05) is 0 Å². The van der Waals surface area contributed by atoms with Crippen LogP contribution in [0.2, 0.25) is 0 Å². The first-order chi connectivity index (χ1) is 7.47. The summed E-state index contributed by atoms with van der Waals surface area (Å²) in [6.45, 7) is 0. The summed E-state index contributed by atoms with van der Waals surface area (Å²) in [6, 6.07) is 4.18. The van der Waals surface area contributed by atoms with Crippen LogP contribution in [0.3, 0.4) is 0 Å². The normalized spacial score (nSPS) is 10.2. The lowest BCUT2D eigenvalue weighted by molar-refractivity contribution is -0.136. The van der Waals surface area contributed by atoms with E-state index < -0.39 is 24.4 Å². The van der Waals surface area contributed by atoms with Gasteiger partial charge in [-0.1, -0.05) is 6.07 Å². The van der Waals surface area contributed by atoms with Gasteiger partial charge in [0.15, 0.2) is 0 Å². The molecule has 0 aliphatic carbocycles. The van der Waals surface area contributed by atoms with E-state index in [-0.39, 0.29) is 11.1 Å². The maximum Gasteiger partial charge on any atom is 0.307 e. The van der Waals surface area contributed by atoms with Crippen LogP contribution < -0.4 is 0 Å². The van der Waals surface area contributed by atoms with E-state index in [4.69, 9.17) is 10.4 Å². The predicted molar refractivity (Wildman–Crippen MR) is 60.2 cm³/mol. The molecule has 6 heteroatoms. The Hall–Kier alpha value is -1.23. The molecule has 0 unspecified atom stereocenters. The molecule has 0 bridgehead atoms. The maximum atomic E-state index is 12.6. The third-order valence-corrected chi connectivity index (χ3v) is 2.97. The minimum atomic E-state index is -2.78. The highest BCUT2D eigenvalue weighted by Crippen LogP contribution is 2.28. The van der Waals surface area contributed by atoms with Crippen LogP contribution in [0.1, 0.15) is 23.1 Å². The van der Waals surface area contributed by atoms with Crippen molar-refractivity contribution in [3.05, 3.63) is 32.4 Å². The summed E-state index contributed by atoms with van der Waals surface area (Å²) in [5, 5.41) is 17.4. The first-order valence-corrected chi connectivity index (χ1v) is 5.26. The van der Waals surface area contributed by atoms with Crippen molar-refractivity contribution in [2.45, 2.75) is 12.8 Å². The van der Waals surface area contributed by atoms with Gasteiger partial charge in [0.2, 0.25) is 0 Å². The molecule has 1 rings (SSSR count). The number of nitrogens with zero attached hydrogens (tertiary/aromatic N) is 1. The molecule has 0 aliphatic rings. The van der Waals surface area contributed by atoms with Gasteiger partial charge in [-0.3, -0.25) is 4.79 Å². The van der Waals surface area contributed by atoms with Gasteiger partial charge in [0, 0.05) is 9.13 Å². The average Bonchev–Trinajstić information content (AvgIpc) is 2.19. The van der Waals surface area contributed by atoms with Gasteiger partial charge in [0.25, 0.3) is 6.43 Å². The summed E-state index contributed by atoms with van der Waals surface area (Å²) in [6.07, 6.45) is -3.21. The van der Waals surface area contributed by atoms with Crippen molar-refractivity contribution >= 4 is 28.6 Å². The lowest BCUT2D eigenvalue weighted by Gasteiger charge is -2.09. The van der Waals surface area contributed by atoms with E-state index in [2.05, 4.69) is 0 Å². The zero-order chi connectivity index (χ0) is 12.3. The first kappa shape index (κ1) is 12.8. The molecule has 1 aromatic carbocycles. The highest BCUT2D eigenvalue weighted by molar-refractivity contribution is 14.1. The van der Waals surface area contributed by atoms with Crippen LogP contribution in [-0.4, -0.2) is 11.1 Å². The standard InChI is InChI=1S/C10H6F2INO2/c11-10(12)5-1-2-8(13)6(3-9(15)16)7(5)4-14/h1-2,10H,3H2,(H,15,16). The lowest BCUT2D eigenvalue weighted by Crippen LogP contribution is -2.07. The molecule has 16 heavy (non-hydrogen) atoms. The largest absolute Gasteiger partial charge is 0.481 e. The van der Waals surface area contributed by atoms with Crippen molar-refractivity contribution in [3.63, 3.8) is 0 Å². The molecule has 0 saturated carbocycles. The second kappa shape index (κ2) is 5.21. The number of rotatable bonds is 3. The highest BCUT2D eigenvalue weighted by atomic mass is 127. The van der Waals surface area contributed by atoms with E-state index in [9.17, 15) is 13.6 Å². The molecule has 0 amide bonds. The number of benzene rings is 1. The molecule has 0 aromatic heterocycles. The summed E-state index contributed by atoms with van der Waals surface area (Å²) in [7, 11) is 0. The maximum absolute atomic E-state index is 12.6. The van der Waals surface area contributed by atoms with Gasteiger partial charge < -0.3 is 5.11 Å². The van der Waals surface area contributed by atoms with Crippen molar-refractivity contribution in [3.8, 4) is 6.07 Å². The van der Waals surface area contributed by atoms with Gasteiger partial charge in [-0.05, 0) is 34.2 Å². The highest BCUT2D eigenvalue weighted by Gasteiger charge is 2.19. The van der Waals surface area contributed by atoms with Gasteiger partial charge in [-0.2, -0.15) is 5.26 Å². The number of halogens is 3. The van der Waals surface area contributed by atoms with Gasteiger partial charge >= 0.3 is 5.97 Å². The second-order valence-electron chi connectivity index (χ2n) is 2.97. The van der Waals surface area contributed by atoms with Crippen LogP contribution in [0.5, 0.6) is 0 Å². The number of alkyl halides is 2. The number of hydrogen-bond donors (Lipinski definition) is 1. The topological polar surface area (TPSA) is 61.1 Å². The van der Waals surface area contributed by atoms with Crippen molar-refractivity contribution < 1.29 is 18.7 Å². The quantitative estimate of drug-likeness (QED) is 0.863. The minimum absolute atomic E-state index is 0.147. The van der Waals surface area contributed by atoms with Gasteiger partial charge in [-0.25, -0.2) is 8.78 Å². The molecule has 84 valence electrons. The van der Waals surface area contributed by atoms with E-state index in [1.165, 1.54) is 6.07 Å². The molecule has 0 saturated heterocycles. The van der Waals surface area contributed by atoms with Crippen molar-refractivity contribution in [1.29, 1.82) is 5.26 Å². The van der Waals surface area contributed by atoms with E-state index in [1.54, 1.807) is 6.07 Å². The molecule has 3 nitrogen and oxygen atoms in total. The van der Waals surface area contributed by atoms with E-state index in [1.807, 2.05) is 22.6 Å². The molecule has 0 radical (unpaired) electrons. The Balaban J connectivity index is 3.39. The van der Waals surface area contributed by atoms with E-state index >= 15 is 0 Å². The van der Waals surface area contributed by atoms with Crippen LogP contribution in [-0.2, 0) is 11.2 Å². The molecule has 0 aliphatic heterocycles. The Kier molecular flexibility index (Phi) is 4.18. The Morgan fingerprint density at radius 2 is 2.19 bits per heavy atom. The summed E-state index contributed by atoms with van der Waals surface area (Å²) in [4.78, 5) is 10.6. The fraction of sp³-hybridized carbons (Fsp3) is 0.200. The SMILES string of the molecule is N#Cc1c(C(F)F)ccc(I)c1CC(=O)O. The average molecular weight is 337 g/mol. The summed E-state index contributed by atoms with van der Waals surface area (Å²) < 4.78 is 25.6. The van der Waals surface area contributed by atoms with Crippen LogP contribution in [0.4, 0.5) is 8.78 Å². The molecule has 1 N–H and O–H groups in total. The van der Waals surface area contributed by atoms with E-state index in [0.717, 1.165) is 6.07 Å². The minimum Gasteiger partial charge on any atom is -0.481 e. The fourth-order valence-corrected chi connectivity index (χ4v) is 1.92. The molecular weight excluding hydrogens is 331 g/mol. The number of nitriles is 1. The number of carboxylic acid groups (broad SMARTS) is 1. The predicted octanol–water partition coefficient (Wildman–Crippen LogP) is 2.73. The monoisotopic (exact) mass is 337 g/mol. The fourth-order valence-electron chi connectivity index (χ4n) is 1.28. The number of hydrogen-bond acceptors (Lipinski definition) is 2.